The first-order chi connectivity index (χ1) is 17.0. The number of thioether (sulfide) groups is 1. The second-order valence-corrected chi connectivity index (χ2v) is 9.91. The fourth-order valence-corrected chi connectivity index (χ4v) is 5.44. The van der Waals surface area contributed by atoms with Crippen molar-refractivity contribution in [3.63, 3.8) is 0 Å². The van der Waals surface area contributed by atoms with Crippen molar-refractivity contribution < 1.29 is 23.8 Å². The number of carbonyl (C=O) groups excluding carboxylic acids is 2. The number of hydrogen-bond donors (Lipinski definition) is 1. The van der Waals surface area contributed by atoms with Crippen LogP contribution < -0.4 is 14.8 Å². The van der Waals surface area contributed by atoms with E-state index in [1.54, 1.807) is 18.2 Å². The lowest BCUT2D eigenvalue weighted by molar-refractivity contribution is -0.143. The number of para-hydroxylation sites is 1. The number of morpholine rings is 1. The van der Waals surface area contributed by atoms with Gasteiger partial charge in [-0.1, -0.05) is 18.2 Å². The highest BCUT2D eigenvalue weighted by molar-refractivity contribution is 8.00. The van der Waals surface area contributed by atoms with E-state index in [2.05, 4.69) is 5.32 Å². The fourth-order valence-electron chi connectivity index (χ4n) is 4.55. The van der Waals surface area contributed by atoms with Crippen LogP contribution in [-0.4, -0.2) is 65.5 Å². The van der Waals surface area contributed by atoms with Gasteiger partial charge in [0.2, 0.25) is 11.8 Å². The molecule has 35 heavy (non-hydrogen) atoms. The summed E-state index contributed by atoms with van der Waals surface area (Å²) in [5, 5.41) is 3.95. The van der Waals surface area contributed by atoms with Gasteiger partial charge in [-0.2, -0.15) is 0 Å². The number of ether oxygens (including phenoxy) is 3. The van der Waals surface area contributed by atoms with E-state index in [1.807, 2.05) is 53.8 Å². The molecule has 9 heteroatoms. The molecule has 1 fully saturated rings. The largest absolute Gasteiger partial charge is 0.486 e. The van der Waals surface area contributed by atoms with Crippen LogP contribution in [0.5, 0.6) is 11.5 Å². The van der Waals surface area contributed by atoms with Gasteiger partial charge in [0.25, 0.3) is 0 Å². The first kappa shape index (κ1) is 23.6. The SMILES string of the molecule is C[C@@H]1CN(C(=O)Cn2cc(SCC(=O)Nc3ccc4c(c3)OCCO4)c3ccccc32)C[C@@H](C)O1. The number of anilines is 1. The Kier molecular flexibility index (Phi) is 6.88. The van der Waals surface area contributed by atoms with Crippen molar-refractivity contribution in [2.45, 2.75) is 37.5 Å². The Balaban J connectivity index is 1.25. The van der Waals surface area contributed by atoms with Crippen molar-refractivity contribution in [3.8, 4) is 11.5 Å². The number of carbonyl (C=O) groups is 2. The molecular weight excluding hydrogens is 466 g/mol. The molecule has 0 unspecified atom stereocenters. The van der Waals surface area contributed by atoms with Crippen LogP contribution in [0.4, 0.5) is 5.69 Å². The third-order valence-electron chi connectivity index (χ3n) is 6.01. The molecule has 0 spiro atoms. The summed E-state index contributed by atoms with van der Waals surface area (Å²) in [7, 11) is 0. The monoisotopic (exact) mass is 495 g/mol. The molecule has 2 amide bonds. The minimum Gasteiger partial charge on any atom is -0.486 e. The molecule has 3 heterocycles. The third kappa shape index (κ3) is 5.41. The quantitative estimate of drug-likeness (QED) is 0.524. The minimum absolute atomic E-state index is 0.0305. The van der Waals surface area contributed by atoms with Gasteiger partial charge >= 0.3 is 0 Å². The highest BCUT2D eigenvalue weighted by atomic mass is 32.2. The summed E-state index contributed by atoms with van der Waals surface area (Å²) in [4.78, 5) is 28.5. The molecular formula is C26H29N3O5S. The number of benzene rings is 2. The Morgan fingerprint density at radius 1 is 1.03 bits per heavy atom. The van der Waals surface area contributed by atoms with Crippen LogP contribution in [0.1, 0.15) is 13.8 Å². The van der Waals surface area contributed by atoms with Crippen LogP contribution in [0.2, 0.25) is 0 Å². The molecule has 2 aromatic carbocycles. The summed E-state index contributed by atoms with van der Waals surface area (Å²) >= 11 is 1.46. The van der Waals surface area contributed by atoms with E-state index in [-0.39, 0.29) is 36.3 Å². The lowest BCUT2D eigenvalue weighted by Crippen LogP contribution is -2.49. The van der Waals surface area contributed by atoms with E-state index in [0.717, 1.165) is 15.8 Å². The third-order valence-corrected chi connectivity index (χ3v) is 7.06. The predicted molar refractivity (Wildman–Crippen MR) is 135 cm³/mol. The van der Waals surface area contributed by atoms with Crippen LogP contribution in [0.15, 0.2) is 53.6 Å². The average molecular weight is 496 g/mol. The Hall–Kier alpha value is -3.17. The molecule has 0 bridgehead atoms. The van der Waals surface area contributed by atoms with Crippen molar-refractivity contribution in [1.29, 1.82) is 0 Å². The van der Waals surface area contributed by atoms with Gasteiger partial charge in [-0.3, -0.25) is 9.59 Å². The Labute approximate surface area is 208 Å². The second-order valence-electron chi connectivity index (χ2n) is 8.89. The van der Waals surface area contributed by atoms with Gasteiger partial charge in [-0.25, -0.2) is 0 Å². The summed E-state index contributed by atoms with van der Waals surface area (Å²) in [6.45, 7) is 6.46. The molecule has 5 rings (SSSR count). The number of nitrogens with zero attached hydrogens (tertiary/aromatic N) is 2. The molecule has 0 aliphatic carbocycles. The van der Waals surface area contributed by atoms with E-state index in [9.17, 15) is 9.59 Å². The molecule has 184 valence electrons. The van der Waals surface area contributed by atoms with E-state index >= 15 is 0 Å². The average Bonchev–Trinajstić information content (AvgIpc) is 3.19. The van der Waals surface area contributed by atoms with Crippen LogP contribution in [0, 0.1) is 0 Å². The van der Waals surface area contributed by atoms with Gasteiger partial charge in [0.1, 0.15) is 19.8 Å². The molecule has 0 saturated carbocycles. The van der Waals surface area contributed by atoms with Gasteiger partial charge in [0.05, 0.1) is 18.0 Å². The number of fused-ring (bicyclic) bond motifs is 2. The number of amides is 2. The van der Waals surface area contributed by atoms with Crippen LogP contribution in [0.3, 0.4) is 0 Å². The van der Waals surface area contributed by atoms with E-state index < -0.39 is 0 Å². The zero-order chi connectivity index (χ0) is 24.4. The lowest BCUT2D eigenvalue weighted by atomic mass is 10.2. The maximum Gasteiger partial charge on any atom is 0.242 e. The van der Waals surface area contributed by atoms with Crippen molar-refractivity contribution in [2.24, 2.45) is 0 Å². The summed E-state index contributed by atoms with van der Waals surface area (Å²) in [5.41, 5.74) is 1.65. The Bertz CT molecular complexity index is 1230. The van der Waals surface area contributed by atoms with Crippen molar-refractivity contribution in [3.05, 3.63) is 48.7 Å². The molecule has 1 N–H and O–H groups in total. The first-order valence-corrected chi connectivity index (χ1v) is 12.8. The van der Waals surface area contributed by atoms with Gasteiger partial charge in [-0.05, 0) is 32.0 Å². The van der Waals surface area contributed by atoms with Crippen LogP contribution >= 0.6 is 11.8 Å². The lowest BCUT2D eigenvalue weighted by Gasteiger charge is -2.35. The van der Waals surface area contributed by atoms with Crippen molar-refractivity contribution in [2.75, 3.05) is 37.4 Å². The predicted octanol–water partition coefficient (Wildman–Crippen LogP) is 3.78. The normalized spacial score (nSPS) is 19.5. The van der Waals surface area contributed by atoms with Crippen molar-refractivity contribution in [1.82, 2.24) is 9.47 Å². The molecule has 1 saturated heterocycles. The first-order valence-electron chi connectivity index (χ1n) is 11.8. The number of hydrogen-bond acceptors (Lipinski definition) is 6. The summed E-state index contributed by atoms with van der Waals surface area (Å²) in [6.07, 6.45) is 2.03. The minimum atomic E-state index is -0.115. The van der Waals surface area contributed by atoms with Crippen LogP contribution in [0.25, 0.3) is 10.9 Å². The Morgan fingerprint density at radius 2 is 1.77 bits per heavy atom. The number of nitrogens with one attached hydrogen (secondary N) is 1. The maximum absolute atomic E-state index is 13.0. The Morgan fingerprint density at radius 3 is 2.57 bits per heavy atom. The van der Waals surface area contributed by atoms with Gasteiger partial charge < -0.3 is 29.0 Å². The zero-order valence-corrected chi connectivity index (χ0v) is 20.7. The van der Waals surface area contributed by atoms with E-state index in [0.29, 0.717) is 43.5 Å². The molecule has 1 aromatic heterocycles. The summed E-state index contributed by atoms with van der Waals surface area (Å²) in [5.74, 6) is 1.52. The highest BCUT2D eigenvalue weighted by Gasteiger charge is 2.26. The van der Waals surface area contributed by atoms with Gasteiger partial charge in [0.15, 0.2) is 11.5 Å². The van der Waals surface area contributed by atoms with Crippen LogP contribution in [-0.2, 0) is 20.9 Å². The molecule has 3 aromatic rings. The topological polar surface area (TPSA) is 82.0 Å². The second kappa shape index (κ2) is 10.2. The zero-order valence-electron chi connectivity index (χ0n) is 19.9. The number of rotatable bonds is 6. The molecule has 2 aliphatic rings. The summed E-state index contributed by atoms with van der Waals surface area (Å²) in [6, 6.07) is 13.4. The van der Waals surface area contributed by atoms with Gasteiger partial charge in [0, 0.05) is 46.8 Å². The smallest absolute Gasteiger partial charge is 0.242 e. The van der Waals surface area contributed by atoms with Gasteiger partial charge in [-0.15, -0.1) is 11.8 Å². The van der Waals surface area contributed by atoms with E-state index in [1.165, 1.54) is 11.8 Å². The molecule has 2 atom stereocenters. The standard InChI is InChI=1S/C26H29N3O5S/c1-17-12-29(13-18(2)34-17)26(31)15-28-14-24(20-5-3-4-6-21(20)28)35-16-25(30)27-19-7-8-22-23(11-19)33-10-9-32-22/h3-8,11,14,17-18H,9-10,12-13,15-16H2,1-2H3,(H,27,30)/t17-,18-/m1/s1. The molecule has 2 aliphatic heterocycles. The maximum atomic E-state index is 13.0. The van der Waals surface area contributed by atoms with Crippen molar-refractivity contribution >= 4 is 40.2 Å². The number of aromatic nitrogens is 1. The molecule has 0 radical (unpaired) electrons. The fraction of sp³-hybridized carbons (Fsp3) is 0.385. The van der Waals surface area contributed by atoms with E-state index in [4.69, 9.17) is 14.2 Å². The summed E-state index contributed by atoms with van der Waals surface area (Å²) < 4.78 is 18.9. The molecule has 8 nitrogen and oxygen atoms in total. The highest BCUT2D eigenvalue weighted by Crippen LogP contribution is 2.33.